The van der Waals surface area contributed by atoms with Crippen molar-refractivity contribution in [2.45, 2.75) is 13.0 Å². The van der Waals surface area contributed by atoms with Crippen molar-refractivity contribution in [3.05, 3.63) is 34.6 Å². The fraction of sp³-hybridized carbons (Fsp3) is 0.250. The summed E-state index contributed by atoms with van der Waals surface area (Å²) >= 11 is 0. The molecule has 0 fully saturated rings. The highest BCUT2D eigenvalue weighted by molar-refractivity contribution is 5.95. The van der Waals surface area contributed by atoms with Gasteiger partial charge in [-0.05, 0) is 19.1 Å². The second-order valence-corrected chi connectivity index (χ2v) is 4.10. The summed E-state index contributed by atoms with van der Waals surface area (Å²) in [4.78, 5) is 35.1. The molecule has 2 N–H and O–H groups in total. The zero-order chi connectivity index (χ0) is 14.7. The maximum atomic E-state index is 12.2. The molecule has 104 valence electrons. The van der Waals surface area contributed by atoms with E-state index in [1.54, 1.807) is 24.3 Å². The molecule has 0 aliphatic carbocycles. The van der Waals surface area contributed by atoms with Crippen LogP contribution in [0.25, 0.3) is 10.9 Å². The molecule has 20 heavy (non-hydrogen) atoms. The molecule has 0 saturated carbocycles. The number of carbonyl (C=O) groups excluding carboxylic acids is 2. The van der Waals surface area contributed by atoms with Crippen LogP contribution in [0.2, 0.25) is 0 Å². The first-order valence-electron chi connectivity index (χ1n) is 5.91. The Labute approximate surface area is 113 Å². The summed E-state index contributed by atoms with van der Waals surface area (Å²) in [5, 5.41) is 12.3. The first kappa shape index (κ1) is 13.7. The van der Waals surface area contributed by atoms with Crippen LogP contribution in [-0.2, 0) is 4.79 Å². The van der Waals surface area contributed by atoms with Crippen molar-refractivity contribution in [3.63, 3.8) is 0 Å². The zero-order valence-corrected chi connectivity index (χ0v) is 11.0. The Balaban J connectivity index is 2.38. The summed E-state index contributed by atoms with van der Waals surface area (Å²) in [7, 11) is 1.38. The Morgan fingerprint density at radius 1 is 1.30 bits per heavy atom. The third-order valence-electron chi connectivity index (χ3n) is 2.80. The number of urea groups is 1. The van der Waals surface area contributed by atoms with E-state index in [-0.39, 0.29) is 0 Å². The highest BCUT2D eigenvalue weighted by Crippen LogP contribution is 2.06. The number of carbonyl (C=O) groups is 2. The maximum absolute atomic E-state index is 12.2. The largest absolute Gasteiger partial charge is 0.341 e. The summed E-state index contributed by atoms with van der Waals surface area (Å²) in [5.41, 5.74) is 0.0165. The normalized spacial score (nSPS) is 11.9. The van der Waals surface area contributed by atoms with Gasteiger partial charge in [0.2, 0.25) is 0 Å². The van der Waals surface area contributed by atoms with E-state index in [1.807, 2.05) is 0 Å². The van der Waals surface area contributed by atoms with Crippen LogP contribution in [0.4, 0.5) is 4.79 Å². The number of nitrogens with zero attached hydrogens (tertiary/aromatic N) is 3. The number of hydrogen-bond donors (Lipinski definition) is 2. The number of rotatable bonds is 2. The lowest BCUT2D eigenvalue weighted by molar-refractivity contribution is -0.123. The Morgan fingerprint density at radius 2 is 2.00 bits per heavy atom. The summed E-state index contributed by atoms with van der Waals surface area (Å²) < 4.78 is 0.945. The first-order valence-corrected chi connectivity index (χ1v) is 5.91. The van der Waals surface area contributed by atoms with Crippen molar-refractivity contribution in [3.8, 4) is 0 Å². The molecule has 3 amide bonds. The first-order chi connectivity index (χ1) is 9.54. The van der Waals surface area contributed by atoms with E-state index < -0.39 is 23.5 Å². The van der Waals surface area contributed by atoms with E-state index in [4.69, 9.17) is 0 Å². The van der Waals surface area contributed by atoms with E-state index in [1.165, 1.54) is 14.0 Å². The Kier molecular flexibility index (Phi) is 3.74. The van der Waals surface area contributed by atoms with E-state index >= 15 is 0 Å². The van der Waals surface area contributed by atoms with E-state index in [0.29, 0.717) is 10.9 Å². The highest BCUT2D eigenvalue weighted by atomic mass is 16.2. The standard InChI is InChI=1S/C12H13N5O3/c1-7(10(18)14-12(20)13-2)17-11(19)8-5-3-4-6-9(8)15-16-17/h3-7H,1-2H3,(H2,13,14,18,20)/t7-/m1/s1. The molecule has 8 heteroatoms. The fourth-order valence-electron chi connectivity index (χ4n) is 1.65. The third kappa shape index (κ3) is 2.48. The van der Waals surface area contributed by atoms with Crippen molar-refractivity contribution < 1.29 is 9.59 Å². The summed E-state index contributed by atoms with van der Waals surface area (Å²) in [6.45, 7) is 1.46. The number of hydrogen-bond acceptors (Lipinski definition) is 5. The summed E-state index contributed by atoms with van der Waals surface area (Å²) in [5.74, 6) is -0.643. The van der Waals surface area contributed by atoms with Crippen LogP contribution in [0.1, 0.15) is 13.0 Å². The van der Waals surface area contributed by atoms with E-state index in [9.17, 15) is 14.4 Å². The van der Waals surface area contributed by atoms with Crippen LogP contribution in [0.3, 0.4) is 0 Å². The smallest absolute Gasteiger partial charge is 0.321 e. The number of amides is 3. The molecule has 0 bridgehead atoms. The quantitative estimate of drug-likeness (QED) is 0.790. The van der Waals surface area contributed by atoms with Crippen molar-refractivity contribution in [1.82, 2.24) is 25.6 Å². The Morgan fingerprint density at radius 3 is 2.70 bits per heavy atom. The molecule has 0 saturated heterocycles. The summed E-state index contributed by atoms with van der Waals surface area (Å²) in [6.07, 6.45) is 0. The van der Waals surface area contributed by atoms with Gasteiger partial charge in [-0.3, -0.25) is 14.9 Å². The lowest BCUT2D eigenvalue weighted by atomic mass is 10.2. The van der Waals surface area contributed by atoms with Crippen molar-refractivity contribution in [2.24, 2.45) is 0 Å². The molecule has 0 unspecified atom stereocenters. The molecule has 0 aliphatic rings. The zero-order valence-electron chi connectivity index (χ0n) is 11.0. The van der Waals surface area contributed by atoms with Crippen molar-refractivity contribution in [2.75, 3.05) is 7.05 Å². The molecule has 1 aromatic carbocycles. The fourth-order valence-corrected chi connectivity index (χ4v) is 1.65. The SMILES string of the molecule is CNC(=O)NC(=O)[C@@H](C)n1nnc2ccccc2c1=O. The number of benzene rings is 1. The highest BCUT2D eigenvalue weighted by Gasteiger charge is 2.20. The second-order valence-electron chi connectivity index (χ2n) is 4.10. The predicted octanol–water partition coefficient (Wildman–Crippen LogP) is -0.192. The van der Waals surface area contributed by atoms with Crippen LogP contribution >= 0.6 is 0 Å². The van der Waals surface area contributed by atoms with Gasteiger partial charge in [-0.2, -0.15) is 4.68 Å². The molecular formula is C12H13N5O3. The molecule has 1 heterocycles. The molecule has 1 aromatic heterocycles. The Bertz CT molecular complexity index is 724. The van der Waals surface area contributed by atoms with Gasteiger partial charge in [0, 0.05) is 7.05 Å². The van der Waals surface area contributed by atoms with Gasteiger partial charge in [0.15, 0.2) is 0 Å². The van der Waals surface area contributed by atoms with Gasteiger partial charge in [-0.1, -0.05) is 17.3 Å². The Hall–Kier alpha value is -2.77. The minimum absolute atomic E-state index is 0.363. The average molecular weight is 275 g/mol. The maximum Gasteiger partial charge on any atom is 0.321 e. The minimum atomic E-state index is -0.947. The molecule has 0 radical (unpaired) electrons. The van der Waals surface area contributed by atoms with Gasteiger partial charge < -0.3 is 5.32 Å². The number of nitrogens with one attached hydrogen (secondary N) is 2. The average Bonchev–Trinajstić information content (AvgIpc) is 2.47. The van der Waals surface area contributed by atoms with Crippen LogP contribution < -0.4 is 16.2 Å². The van der Waals surface area contributed by atoms with Crippen LogP contribution in [0.15, 0.2) is 29.1 Å². The van der Waals surface area contributed by atoms with Crippen LogP contribution in [0, 0.1) is 0 Å². The topological polar surface area (TPSA) is 106 Å². The van der Waals surface area contributed by atoms with Gasteiger partial charge in [-0.25, -0.2) is 4.79 Å². The van der Waals surface area contributed by atoms with Gasteiger partial charge in [-0.15, -0.1) is 5.10 Å². The molecule has 8 nitrogen and oxygen atoms in total. The van der Waals surface area contributed by atoms with E-state index in [0.717, 1.165) is 4.68 Å². The number of fused-ring (bicyclic) bond motifs is 1. The van der Waals surface area contributed by atoms with Gasteiger partial charge in [0.05, 0.1) is 5.39 Å². The van der Waals surface area contributed by atoms with E-state index in [2.05, 4.69) is 20.9 Å². The molecule has 0 aliphatic heterocycles. The number of aromatic nitrogens is 3. The van der Waals surface area contributed by atoms with Gasteiger partial charge >= 0.3 is 6.03 Å². The van der Waals surface area contributed by atoms with Gasteiger partial charge in [0.1, 0.15) is 11.6 Å². The monoisotopic (exact) mass is 275 g/mol. The molecular weight excluding hydrogens is 262 g/mol. The molecule has 2 aromatic rings. The minimum Gasteiger partial charge on any atom is -0.341 e. The lowest BCUT2D eigenvalue weighted by Gasteiger charge is -2.12. The van der Waals surface area contributed by atoms with Crippen LogP contribution in [-0.4, -0.2) is 34.0 Å². The van der Waals surface area contributed by atoms with Crippen molar-refractivity contribution in [1.29, 1.82) is 0 Å². The lowest BCUT2D eigenvalue weighted by Crippen LogP contribution is -2.43. The molecule has 2 rings (SSSR count). The molecule has 1 atom stereocenters. The van der Waals surface area contributed by atoms with Crippen LogP contribution in [0.5, 0.6) is 0 Å². The number of imide groups is 1. The second kappa shape index (κ2) is 5.47. The van der Waals surface area contributed by atoms with Gasteiger partial charge in [0.25, 0.3) is 11.5 Å². The summed E-state index contributed by atoms with van der Waals surface area (Å²) in [6, 6.07) is 5.10. The third-order valence-corrected chi connectivity index (χ3v) is 2.80. The molecule has 0 spiro atoms. The van der Waals surface area contributed by atoms with Crippen molar-refractivity contribution >= 4 is 22.8 Å². The predicted molar refractivity (Wildman–Crippen MR) is 71.1 cm³/mol.